The quantitative estimate of drug-likeness (QED) is 0.688. The zero-order chi connectivity index (χ0) is 9.68. The van der Waals surface area contributed by atoms with Gasteiger partial charge in [-0.3, -0.25) is 0 Å². The van der Waals surface area contributed by atoms with Gasteiger partial charge in [0.15, 0.2) is 0 Å². The highest BCUT2D eigenvalue weighted by Gasteiger charge is 2.03. The van der Waals surface area contributed by atoms with Crippen LogP contribution in [0, 0.1) is 0 Å². The van der Waals surface area contributed by atoms with Gasteiger partial charge in [-0.25, -0.2) is 0 Å². The highest BCUT2D eigenvalue weighted by Crippen LogP contribution is 2.16. The van der Waals surface area contributed by atoms with Crippen molar-refractivity contribution in [2.24, 2.45) is 0 Å². The molecule has 0 heterocycles. The van der Waals surface area contributed by atoms with E-state index in [0.29, 0.717) is 5.92 Å². The summed E-state index contributed by atoms with van der Waals surface area (Å²) in [6.07, 6.45) is 1.11. The second kappa shape index (κ2) is 5.03. The lowest BCUT2D eigenvalue weighted by Gasteiger charge is -2.10. The van der Waals surface area contributed by atoms with Crippen LogP contribution in [0.15, 0.2) is 24.3 Å². The average Bonchev–Trinajstić information content (AvgIpc) is 2.18. The van der Waals surface area contributed by atoms with E-state index in [1.165, 1.54) is 11.1 Å². The van der Waals surface area contributed by atoms with Crippen LogP contribution in [0.3, 0.4) is 0 Å². The molecule has 1 aromatic rings. The summed E-state index contributed by atoms with van der Waals surface area (Å²) in [7, 11) is 1.75. The largest absolute Gasteiger partial charge is 0.384 e. The van der Waals surface area contributed by atoms with Gasteiger partial charge in [-0.2, -0.15) is 0 Å². The lowest BCUT2D eigenvalue weighted by atomic mass is 10.0. The van der Waals surface area contributed by atoms with Crippen LogP contribution in [0.5, 0.6) is 0 Å². The van der Waals surface area contributed by atoms with Crippen molar-refractivity contribution >= 4 is 0 Å². The van der Waals surface area contributed by atoms with Crippen molar-refractivity contribution in [1.82, 2.24) is 0 Å². The topological polar surface area (TPSA) is 9.23 Å². The van der Waals surface area contributed by atoms with E-state index in [1.807, 2.05) is 0 Å². The molecular formula is C12H18O. The summed E-state index contributed by atoms with van der Waals surface area (Å²) in [6.45, 7) is 5.16. The number of benzene rings is 1. The first-order chi connectivity index (χ1) is 6.27. The summed E-state index contributed by atoms with van der Waals surface area (Å²) < 4.78 is 5.11. The fraction of sp³-hybridized carbons (Fsp3) is 0.500. The van der Waals surface area contributed by atoms with Crippen LogP contribution >= 0.6 is 0 Å². The number of hydrogen-bond acceptors (Lipinski definition) is 1. The number of hydrogen-bond donors (Lipinski definition) is 0. The third-order valence-electron chi connectivity index (χ3n) is 2.37. The molecule has 0 radical (unpaired) electrons. The van der Waals surface area contributed by atoms with Gasteiger partial charge in [0.1, 0.15) is 0 Å². The van der Waals surface area contributed by atoms with E-state index in [1.54, 1.807) is 7.11 Å². The lowest BCUT2D eigenvalue weighted by molar-refractivity contribution is 0.184. The van der Waals surface area contributed by atoms with Crippen LogP contribution < -0.4 is 0 Å². The summed E-state index contributed by atoms with van der Waals surface area (Å²) in [4.78, 5) is 0. The van der Waals surface area contributed by atoms with E-state index in [9.17, 15) is 0 Å². The predicted molar refractivity (Wildman–Crippen MR) is 56.1 cm³/mol. The minimum atomic E-state index is 0.496. The average molecular weight is 178 g/mol. The van der Waals surface area contributed by atoms with Crippen molar-refractivity contribution in [2.75, 3.05) is 13.7 Å². The smallest absolute Gasteiger partial charge is 0.0528 e. The van der Waals surface area contributed by atoms with Gasteiger partial charge in [0.25, 0.3) is 0 Å². The SMILES string of the molecule is CCc1ccc(C(C)COC)cc1. The van der Waals surface area contributed by atoms with Crippen molar-refractivity contribution in [3.05, 3.63) is 35.4 Å². The Morgan fingerprint density at radius 2 is 1.85 bits per heavy atom. The second-order valence-electron chi connectivity index (χ2n) is 3.45. The van der Waals surface area contributed by atoms with Gasteiger partial charge in [-0.05, 0) is 17.5 Å². The minimum absolute atomic E-state index is 0.496. The number of methoxy groups -OCH3 is 1. The van der Waals surface area contributed by atoms with Crippen LogP contribution in [0.1, 0.15) is 30.9 Å². The molecule has 13 heavy (non-hydrogen) atoms. The van der Waals surface area contributed by atoms with Gasteiger partial charge in [-0.15, -0.1) is 0 Å². The first-order valence-corrected chi connectivity index (χ1v) is 4.85. The van der Waals surface area contributed by atoms with Crippen LogP contribution in [0.25, 0.3) is 0 Å². The van der Waals surface area contributed by atoms with Crippen molar-refractivity contribution in [3.8, 4) is 0 Å². The Kier molecular flexibility index (Phi) is 3.97. The zero-order valence-corrected chi connectivity index (χ0v) is 8.71. The van der Waals surface area contributed by atoms with Crippen LogP contribution in [-0.4, -0.2) is 13.7 Å². The standard InChI is InChI=1S/C12H18O/c1-4-11-5-7-12(8-6-11)10(2)9-13-3/h5-8,10H,4,9H2,1-3H3. The van der Waals surface area contributed by atoms with E-state index in [0.717, 1.165) is 13.0 Å². The molecular weight excluding hydrogens is 160 g/mol. The van der Waals surface area contributed by atoms with Gasteiger partial charge in [-0.1, -0.05) is 38.1 Å². The molecule has 0 fully saturated rings. The van der Waals surface area contributed by atoms with Crippen LogP contribution in [0.4, 0.5) is 0 Å². The lowest BCUT2D eigenvalue weighted by Crippen LogP contribution is -2.01. The monoisotopic (exact) mass is 178 g/mol. The van der Waals surface area contributed by atoms with Crippen molar-refractivity contribution in [2.45, 2.75) is 26.2 Å². The zero-order valence-electron chi connectivity index (χ0n) is 8.71. The van der Waals surface area contributed by atoms with Gasteiger partial charge < -0.3 is 4.74 Å². The van der Waals surface area contributed by atoms with E-state index >= 15 is 0 Å². The summed E-state index contributed by atoms with van der Waals surface area (Å²) in [5.74, 6) is 0.496. The second-order valence-corrected chi connectivity index (χ2v) is 3.45. The molecule has 72 valence electrons. The van der Waals surface area contributed by atoms with Gasteiger partial charge >= 0.3 is 0 Å². The van der Waals surface area contributed by atoms with Gasteiger partial charge in [0.05, 0.1) is 6.61 Å². The molecule has 0 bridgehead atoms. The molecule has 0 aliphatic carbocycles. The van der Waals surface area contributed by atoms with Crippen molar-refractivity contribution in [1.29, 1.82) is 0 Å². The van der Waals surface area contributed by atoms with Crippen molar-refractivity contribution < 1.29 is 4.74 Å². The minimum Gasteiger partial charge on any atom is -0.384 e. The van der Waals surface area contributed by atoms with Gasteiger partial charge in [0.2, 0.25) is 0 Å². The number of rotatable bonds is 4. The molecule has 0 N–H and O–H groups in total. The third-order valence-corrected chi connectivity index (χ3v) is 2.37. The van der Waals surface area contributed by atoms with E-state index in [2.05, 4.69) is 38.1 Å². The Balaban J connectivity index is 2.67. The maximum absolute atomic E-state index is 5.11. The maximum atomic E-state index is 5.11. The molecule has 1 nitrogen and oxygen atoms in total. The molecule has 1 unspecified atom stereocenters. The molecule has 0 saturated heterocycles. The Morgan fingerprint density at radius 3 is 2.31 bits per heavy atom. The number of aryl methyl sites for hydroxylation is 1. The molecule has 0 aliphatic rings. The Morgan fingerprint density at radius 1 is 1.23 bits per heavy atom. The van der Waals surface area contributed by atoms with E-state index in [-0.39, 0.29) is 0 Å². The first kappa shape index (κ1) is 10.3. The molecule has 0 aliphatic heterocycles. The molecule has 1 atom stereocenters. The van der Waals surface area contributed by atoms with E-state index < -0.39 is 0 Å². The summed E-state index contributed by atoms with van der Waals surface area (Å²) in [6, 6.07) is 8.79. The fourth-order valence-corrected chi connectivity index (χ4v) is 1.43. The molecule has 0 amide bonds. The van der Waals surface area contributed by atoms with Crippen LogP contribution in [-0.2, 0) is 11.2 Å². The third kappa shape index (κ3) is 2.85. The predicted octanol–water partition coefficient (Wildman–Crippen LogP) is 3.00. The molecule has 0 aromatic heterocycles. The van der Waals surface area contributed by atoms with E-state index in [4.69, 9.17) is 4.74 Å². The highest BCUT2D eigenvalue weighted by molar-refractivity contribution is 5.24. The maximum Gasteiger partial charge on any atom is 0.0528 e. The normalized spacial score (nSPS) is 12.8. The fourth-order valence-electron chi connectivity index (χ4n) is 1.43. The Bertz CT molecular complexity index is 238. The molecule has 1 heteroatoms. The summed E-state index contributed by atoms with van der Waals surface area (Å²) in [5.41, 5.74) is 2.76. The molecule has 1 aromatic carbocycles. The highest BCUT2D eigenvalue weighted by atomic mass is 16.5. The van der Waals surface area contributed by atoms with Gasteiger partial charge in [0, 0.05) is 13.0 Å². The Labute approximate surface area is 80.7 Å². The molecule has 0 spiro atoms. The number of ether oxygens (including phenoxy) is 1. The first-order valence-electron chi connectivity index (χ1n) is 4.85. The van der Waals surface area contributed by atoms with Crippen molar-refractivity contribution in [3.63, 3.8) is 0 Å². The van der Waals surface area contributed by atoms with Crippen LogP contribution in [0.2, 0.25) is 0 Å². The summed E-state index contributed by atoms with van der Waals surface area (Å²) in [5, 5.41) is 0. The molecule has 0 saturated carbocycles. The molecule has 1 rings (SSSR count). The Hall–Kier alpha value is -0.820. The summed E-state index contributed by atoms with van der Waals surface area (Å²) >= 11 is 0.